The molecule has 0 aliphatic carbocycles. The van der Waals surface area contributed by atoms with Crippen molar-refractivity contribution in [3.63, 3.8) is 0 Å². The van der Waals surface area contributed by atoms with Crippen LogP contribution in [0.2, 0.25) is 0 Å². The van der Waals surface area contributed by atoms with Crippen molar-refractivity contribution in [1.82, 2.24) is 9.55 Å². The Morgan fingerprint density at radius 2 is 2.05 bits per heavy atom. The van der Waals surface area contributed by atoms with Crippen LogP contribution in [0.4, 0.5) is 4.39 Å². The van der Waals surface area contributed by atoms with Crippen LogP contribution in [0.25, 0.3) is 5.82 Å². The molecule has 2 N–H and O–H groups in total. The van der Waals surface area contributed by atoms with Gasteiger partial charge >= 0.3 is 0 Å². The van der Waals surface area contributed by atoms with E-state index in [2.05, 4.69) is 4.98 Å². The molecule has 6 heteroatoms. The minimum Gasteiger partial charge on any atom is -0.365 e. The summed E-state index contributed by atoms with van der Waals surface area (Å²) >= 11 is 0. The molecule has 0 saturated carbocycles. The number of halogens is 1. The summed E-state index contributed by atoms with van der Waals surface area (Å²) in [7, 11) is 0. The molecule has 0 aliphatic rings. The van der Waals surface area contributed by atoms with Gasteiger partial charge in [0.15, 0.2) is 0 Å². The molecule has 2 rings (SSSR count). The lowest BCUT2D eigenvalue weighted by molar-refractivity contribution is 0.0998. The van der Waals surface area contributed by atoms with Gasteiger partial charge in [0.1, 0.15) is 17.2 Å². The molecule has 98 valence electrons. The van der Waals surface area contributed by atoms with Crippen molar-refractivity contribution in [2.75, 3.05) is 0 Å². The van der Waals surface area contributed by atoms with Crippen LogP contribution in [0.5, 0.6) is 0 Å². The molecule has 0 fully saturated rings. The second-order valence-corrected chi connectivity index (χ2v) is 4.19. The Kier molecular flexibility index (Phi) is 3.16. The molecule has 0 saturated heterocycles. The summed E-state index contributed by atoms with van der Waals surface area (Å²) in [5.41, 5.74) is 5.53. The summed E-state index contributed by atoms with van der Waals surface area (Å²) in [6, 6.07) is 4.23. The van der Waals surface area contributed by atoms with Crippen molar-refractivity contribution in [1.29, 1.82) is 0 Å². The molecule has 1 amide bonds. The van der Waals surface area contributed by atoms with Gasteiger partial charge in [0.05, 0.1) is 6.20 Å². The monoisotopic (exact) mass is 261 g/mol. The van der Waals surface area contributed by atoms with Gasteiger partial charge < -0.3 is 5.73 Å². The van der Waals surface area contributed by atoms with Crippen molar-refractivity contribution in [3.05, 3.63) is 57.4 Å². The van der Waals surface area contributed by atoms with Gasteiger partial charge in [-0.15, -0.1) is 0 Å². The molecule has 0 spiro atoms. The number of aryl methyl sites for hydroxylation is 2. The van der Waals surface area contributed by atoms with Gasteiger partial charge in [-0.25, -0.2) is 9.37 Å². The molecule has 0 unspecified atom stereocenters. The van der Waals surface area contributed by atoms with E-state index in [0.29, 0.717) is 11.3 Å². The average molecular weight is 261 g/mol. The molecule has 0 aliphatic heterocycles. The first-order chi connectivity index (χ1) is 8.91. The van der Waals surface area contributed by atoms with Crippen LogP contribution in [0.15, 0.2) is 29.2 Å². The molecule has 2 heterocycles. The van der Waals surface area contributed by atoms with Crippen LogP contribution < -0.4 is 11.3 Å². The fourth-order valence-electron chi connectivity index (χ4n) is 1.85. The van der Waals surface area contributed by atoms with Crippen molar-refractivity contribution in [2.24, 2.45) is 5.73 Å². The van der Waals surface area contributed by atoms with Crippen LogP contribution in [0.3, 0.4) is 0 Å². The number of hydrogen-bond acceptors (Lipinski definition) is 3. The van der Waals surface area contributed by atoms with E-state index in [1.54, 1.807) is 19.9 Å². The third kappa shape index (κ3) is 2.24. The molecule has 5 nitrogen and oxygen atoms in total. The van der Waals surface area contributed by atoms with Crippen molar-refractivity contribution >= 4 is 5.91 Å². The third-order valence-electron chi connectivity index (χ3n) is 2.77. The second-order valence-electron chi connectivity index (χ2n) is 4.19. The van der Waals surface area contributed by atoms with E-state index < -0.39 is 17.3 Å². The van der Waals surface area contributed by atoms with Crippen molar-refractivity contribution < 1.29 is 9.18 Å². The number of primary amides is 1. The fraction of sp³-hybridized carbons (Fsp3) is 0.154. The Labute approximate surface area is 108 Å². The van der Waals surface area contributed by atoms with Crippen molar-refractivity contribution in [2.45, 2.75) is 13.8 Å². The number of nitrogens with zero attached hydrogens (tertiary/aromatic N) is 2. The van der Waals surface area contributed by atoms with Crippen LogP contribution >= 0.6 is 0 Å². The first-order valence-corrected chi connectivity index (χ1v) is 5.57. The highest BCUT2D eigenvalue weighted by atomic mass is 19.1. The van der Waals surface area contributed by atoms with Gasteiger partial charge in [0, 0.05) is 5.69 Å². The summed E-state index contributed by atoms with van der Waals surface area (Å²) in [5, 5.41) is 0. The molecule has 0 bridgehead atoms. The number of amides is 1. The molecule has 0 radical (unpaired) electrons. The molecular formula is C13H12FN3O2. The Morgan fingerprint density at radius 1 is 1.37 bits per heavy atom. The van der Waals surface area contributed by atoms with Gasteiger partial charge in [0.25, 0.3) is 11.5 Å². The zero-order valence-corrected chi connectivity index (χ0v) is 10.5. The number of rotatable bonds is 2. The fourth-order valence-corrected chi connectivity index (χ4v) is 1.85. The van der Waals surface area contributed by atoms with E-state index in [1.165, 1.54) is 16.7 Å². The molecule has 0 atom stereocenters. The van der Waals surface area contributed by atoms with E-state index in [4.69, 9.17) is 5.73 Å². The second kappa shape index (κ2) is 4.64. The van der Waals surface area contributed by atoms with Gasteiger partial charge in [0.2, 0.25) is 0 Å². The topological polar surface area (TPSA) is 78.0 Å². The lowest BCUT2D eigenvalue weighted by atomic mass is 10.2. The Hall–Kier alpha value is -2.50. The number of aromatic nitrogens is 2. The summed E-state index contributed by atoms with van der Waals surface area (Å²) < 4.78 is 14.3. The molecule has 2 aromatic rings. The van der Waals surface area contributed by atoms with Gasteiger partial charge in [-0.1, -0.05) is 0 Å². The summed E-state index contributed by atoms with van der Waals surface area (Å²) in [5.74, 6) is -1.01. The maximum atomic E-state index is 13.0. The number of carbonyl (C=O) groups excluding carboxylic acids is 1. The average Bonchev–Trinajstić information content (AvgIpc) is 2.31. The molecule has 2 aromatic heterocycles. The van der Waals surface area contributed by atoms with Gasteiger partial charge in [-0.3, -0.25) is 14.2 Å². The lowest BCUT2D eigenvalue weighted by Crippen LogP contribution is -2.30. The highest BCUT2D eigenvalue weighted by molar-refractivity contribution is 5.92. The molecular weight excluding hydrogens is 249 g/mol. The number of hydrogen-bond donors (Lipinski definition) is 1. The summed E-state index contributed by atoms with van der Waals surface area (Å²) in [4.78, 5) is 27.3. The van der Waals surface area contributed by atoms with E-state index >= 15 is 0 Å². The van der Waals surface area contributed by atoms with E-state index in [1.807, 2.05) is 0 Å². The maximum absolute atomic E-state index is 13.0. The highest BCUT2D eigenvalue weighted by Gasteiger charge is 2.14. The molecule has 19 heavy (non-hydrogen) atoms. The Balaban J connectivity index is 2.78. The first kappa shape index (κ1) is 12.9. The first-order valence-electron chi connectivity index (χ1n) is 5.57. The predicted octanol–water partition coefficient (Wildman–Crippen LogP) is 1.09. The maximum Gasteiger partial charge on any atom is 0.269 e. The minimum absolute atomic E-state index is 0.129. The number of nitrogens with two attached hydrogens (primary N) is 1. The largest absolute Gasteiger partial charge is 0.365 e. The third-order valence-corrected chi connectivity index (χ3v) is 2.77. The number of carbonyl (C=O) groups is 1. The quantitative estimate of drug-likeness (QED) is 0.878. The van der Waals surface area contributed by atoms with Crippen LogP contribution in [0.1, 0.15) is 21.6 Å². The smallest absolute Gasteiger partial charge is 0.269 e. The van der Waals surface area contributed by atoms with E-state index in [-0.39, 0.29) is 11.4 Å². The Morgan fingerprint density at radius 3 is 2.63 bits per heavy atom. The predicted molar refractivity (Wildman–Crippen MR) is 67.8 cm³/mol. The van der Waals surface area contributed by atoms with E-state index in [0.717, 1.165) is 6.20 Å². The highest BCUT2D eigenvalue weighted by Crippen LogP contribution is 2.12. The Bertz CT molecular complexity index is 722. The van der Waals surface area contributed by atoms with E-state index in [9.17, 15) is 14.0 Å². The zero-order chi connectivity index (χ0) is 14.2. The summed E-state index contributed by atoms with van der Waals surface area (Å²) in [6.07, 6.45) is 1.02. The lowest BCUT2D eigenvalue weighted by Gasteiger charge is -2.12. The zero-order valence-electron chi connectivity index (χ0n) is 10.5. The van der Waals surface area contributed by atoms with Crippen LogP contribution in [-0.2, 0) is 0 Å². The SMILES string of the molecule is Cc1cc(F)cnc1-n1c(C)ccc(C(N)=O)c1=O. The van der Waals surface area contributed by atoms with Crippen molar-refractivity contribution in [3.8, 4) is 5.82 Å². The number of pyridine rings is 2. The summed E-state index contributed by atoms with van der Waals surface area (Å²) in [6.45, 7) is 3.32. The van der Waals surface area contributed by atoms with Gasteiger partial charge in [-0.2, -0.15) is 0 Å². The van der Waals surface area contributed by atoms with Gasteiger partial charge in [-0.05, 0) is 37.6 Å². The minimum atomic E-state index is -0.807. The van der Waals surface area contributed by atoms with Crippen LogP contribution in [0, 0.1) is 19.7 Å². The van der Waals surface area contributed by atoms with Crippen LogP contribution in [-0.4, -0.2) is 15.5 Å². The standard InChI is InChI=1S/C13H12FN3O2/c1-7-5-9(14)6-16-12(7)17-8(2)3-4-10(11(15)18)13(17)19/h3-6H,1-2H3,(H2,15,18). The molecule has 0 aromatic carbocycles. The normalized spacial score (nSPS) is 10.5.